The van der Waals surface area contributed by atoms with Crippen LogP contribution in [0.4, 0.5) is 14.5 Å². The zero-order valence-corrected chi connectivity index (χ0v) is 10.7. The first kappa shape index (κ1) is 14.4. The number of anilines is 1. The molecule has 0 aliphatic rings. The summed E-state index contributed by atoms with van der Waals surface area (Å²) in [5.74, 6) is -2.74. The first-order chi connectivity index (χ1) is 8.36. The van der Waals surface area contributed by atoms with Gasteiger partial charge in [-0.05, 0) is 18.1 Å². The Labute approximate surface area is 105 Å². The maximum atomic E-state index is 13.7. The number of carboxylic acids is 1. The van der Waals surface area contributed by atoms with Crippen molar-refractivity contribution in [1.29, 1.82) is 0 Å². The van der Waals surface area contributed by atoms with E-state index in [9.17, 15) is 13.6 Å². The molecule has 1 rings (SSSR count). The lowest BCUT2D eigenvalue weighted by Gasteiger charge is -2.23. The normalized spacial score (nSPS) is 12.3. The van der Waals surface area contributed by atoms with E-state index in [1.54, 1.807) is 7.05 Å². The highest BCUT2D eigenvalue weighted by Crippen LogP contribution is 2.25. The first-order valence-corrected chi connectivity index (χ1v) is 5.80. The number of aromatic carboxylic acids is 1. The molecular formula is C13H17F2NO2. The Bertz CT molecular complexity index is 426. The standard InChI is InChI=1S/C13H17F2NO2/c1-4-8(2)7-16(3)12-10(14)5-9(13(17)18)6-11(12)15/h5-6,8H,4,7H2,1-3H3,(H,17,18). The minimum Gasteiger partial charge on any atom is -0.478 e. The van der Waals surface area contributed by atoms with E-state index in [1.807, 2.05) is 13.8 Å². The second-order valence-corrected chi connectivity index (χ2v) is 4.49. The summed E-state index contributed by atoms with van der Waals surface area (Å²) in [4.78, 5) is 12.1. The molecule has 1 aromatic carbocycles. The van der Waals surface area contributed by atoms with Gasteiger partial charge in [0.1, 0.15) is 17.3 Å². The van der Waals surface area contributed by atoms with Crippen LogP contribution in [-0.2, 0) is 0 Å². The van der Waals surface area contributed by atoms with Gasteiger partial charge in [-0.3, -0.25) is 0 Å². The third-order valence-corrected chi connectivity index (χ3v) is 2.93. The van der Waals surface area contributed by atoms with Gasteiger partial charge in [-0.25, -0.2) is 13.6 Å². The van der Waals surface area contributed by atoms with Crippen molar-refractivity contribution in [2.24, 2.45) is 5.92 Å². The number of carbonyl (C=O) groups is 1. The predicted octanol–water partition coefficient (Wildman–Crippen LogP) is 3.15. The van der Waals surface area contributed by atoms with Gasteiger partial charge in [-0.15, -0.1) is 0 Å². The fourth-order valence-corrected chi connectivity index (χ4v) is 1.74. The molecule has 100 valence electrons. The van der Waals surface area contributed by atoms with E-state index in [4.69, 9.17) is 5.11 Å². The lowest BCUT2D eigenvalue weighted by atomic mass is 10.1. The minimum absolute atomic E-state index is 0.180. The van der Waals surface area contributed by atoms with Crippen LogP contribution >= 0.6 is 0 Å². The van der Waals surface area contributed by atoms with Crippen LogP contribution < -0.4 is 4.90 Å². The van der Waals surface area contributed by atoms with Crippen LogP contribution in [-0.4, -0.2) is 24.7 Å². The number of carboxylic acid groups (broad SMARTS) is 1. The summed E-state index contributed by atoms with van der Waals surface area (Å²) in [5.41, 5.74) is -0.564. The van der Waals surface area contributed by atoms with Crippen molar-refractivity contribution in [1.82, 2.24) is 0 Å². The molecule has 0 aliphatic carbocycles. The molecule has 1 N–H and O–H groups in total. The minimum atomic E-state index is -1.34. The molecule has 3 nitrogen and oxygen atoms in total. The van der Waals surface area contributed by atoms with Gasteiger partial charge in [0, 0.05) is 13.6 Å². The van der Waals surface area contributed by atoms with Gasteiger partial charge < -0.3 is 10.0 Å². The summed E-state index contributed by atoms with van der Waals surface area (Å²) in [6.07, 6.45) is 0.904. The molecule has 0 aromatic heterocycles. The van der Waals surface area contributed by atoms with E-state index in [2.05, 4.69) is 0 Å². The highest BCUT2D eigenvalue weighted by atomic mass is 19.1. The quantitative estimate of drug-likeness (QED) is 0.881. The van der Waals surface area contributed by atoms with Crippen molar-refractivity contribution in [2.45, 2.75) is 20.3 Å². The lowest BCUT2D eigenvalue weighted by Crippen LogP contribution is -2.25. The summed E-state index contributed by atoms with van der Waals surface area (Å²) < 4.78 is 27.5. The predicted molar refractivity (Wildman–Crippen MR) is 66.0 cm³/mol. The summed E-state index contributed by atoms with van der Waals surface area (Å²) in [7, 11) is 1.59. The number of benzene rings is 1. The van der Waals surface area contributed by atoms with E-state index in [0.717, 1.165) is 18.6 Å². The number of nitrogens with zero attached hydrogens (tertiary/aromatic N) is 1. The Morgan fingerprint density at radius 2 is 1.89 bits per heavy atom. The summed E-state index contributed by atoms with van der Waals surface area (Å²) in [5, 5.41) is 8.70. The number of hydrogen-bond donors (Lipinski definition) is 1. The fraction of sp³-hybridized carbons (Fsp3) is 0.462. The summed E-state index contributed by atoms with van der Waals surface area (Å²) >= 11 is 0. The van der Waals surface area contributed by atoms with Crippen molar-refractivity contribution in [3.8, 4) is 0 Å². The molecule has 0 amide bonds. The van der Waals surface area contributed by atoms with E-state index >= 15 is 0 Å². The van der Waals surface area contributed by atoms with Gasteiger partial charge >= 0.3 is 5.97 Å². The van der Waals surface area contributed by atoms with Gasteiger partial charge in [0.05, 0.1) is 5.56 Å². The molecule has 0 saturated carbocycles. The van der Waals surface area contributed by atoms with E-state index in [1.165, 1.54) is 4.90 Å². The molecule has 0 radical (unpaired) electrons. The van der Waals surface area contributed by atoms with Crippen molar-refractivity contribution in [3.05, 3.63) is 29.3 Å². The third kappa shape index (κ3) is 3.18. The fourth-order valence-electron chi connectivity index (χ4n) is 1.74. The Balaban J connectivity index is 3.06. The van der Waals surface area contributed by atoms with Crippen LogP contribution in [0.3, 0.4) is 0 Å². The molecule has 0 aliphatic heterocycles. The number of halogens is 2. The molecule has 0 saturated heterocycles. The van der Waals surface area contributed by atoms with E-state index in [-0.39, 0.29) is 11.3 Å². The van der Waals surface area contributed by atoms with Gasteiger partial charge in [-0.2, -0.15) is 0 Å². The van der Waals surface area contributed by atoms with Crippen molar-refractivity contribution >= 4 is 11.7 Å². The first-order valence-electron chi connectivity index (χ1n) is 5.80. The average Bonchev–Trinajstić information content (AvgIpc) is 2.27. The van der Waals surface area contributed by atoms with Crippen LogP contribution in [0.5, 0.6) is 0 Å². The summed E-state index contributed by atoms with van der Waals surface area (Å²) in [6, 6.07) is 1.68. The third-order valence-electron chi connectivity index (χ3n) is 2.93. The van der Waals surface area contributed by atoms with Gasteiger partial charge in [0.15, 0.2) is 0 Å². The molecule has 5 heteroatoms. The van der Waals surface area contributed by atoms with Crippen molar-refractivity contribution < 1.29 is 18.7 Å². The zero-order valence-electron chi connectivity index (χ0n) is 10.7. The van der Waals surface area contributed by atoms with Crippen molar-refractivity contribution in [2.75, 3.05) is 18.5 Å². The van der Waals surface area contributed by atoms with E-state index in [0.29, 0.717) is 12.5 Å². The Kier molecular flexibility index (Phi) is 4.64. The molecule has 0 spiro atoms. The molecule has 1 unspecified atom stereocenters. The molecule has 1 atom stereocenters. The molecule has 0 heterocycles. The Morgan fingerprint density at radius 1 is 1.39 bits per heavy atom. The largest absolute Gasteiger partial charge is 0.478 e. The molecule has 0 bridgehead atoms. The van der Waals surface area contributed by atoms with Crippen LogP contribution in [0.15, 0.2) is 12.1 Å². The highest BCUT2D eigenvalue weighted by Gasteiger charge is 2.18. The molecule has 1 aromatic rings. The zero-order chi connectivity index (χ0) is 13.9. The second kappa shape index (κ2) is 5.80. The van der Waals surface area contributed by atoms with Crippen LogP contribution in [0, 0.1) is 17.6 Å². The van der Waals surface area contributed by atoms with Crippen LogP contribution in [0.2, 0.25) is 0 Å². The maximum Gasteiger partial charge on any atom is 0.335 e. The number of hydrogen-bond acceptors (Lipinski definition) is 2. The Hall–Kier alpha value is -1.65. The average molecular weight is 257 g/mol. The van der Waals surface area contributed by atoms with Crippen LogP contribution in [0.1, 0.15) is 30.6 Å². The molecule has 18 heavy (non-hydrogen) atoms. The Morgan fingerprint density at radius 3 is 2.28 bits per heavy atom. The number of rotatable bonds is 5. The van der Waals surface area contributed by atoms with Gasteiger partial charge in [-0.1, -0.05) is 20.3 Å². The SMILES string of the molecule is CCC(C)CN(C)c1c(F)cc(C(=O)O)cc1F. The maximum absolute atomic E-state index is 13.7. The second-order valence-electron chi connectivity index (χ2n) is 4.49. The molecule has 0 fully saturated rings. The molecular weight excluding hydrogens is 240 g/mol. The smallest absolute Gasteiger partial charge is 0.335 e. The van der Waals surface area contributed by atoms with Gasteiger partial charge in [0.2, 0.25) is 0 Å². The van der Waals surface area contributed by atoms with E-state index < -0.39 is 17.6 Å². The topological polar surface area (TPSA) is 40.5 Å². The van der Waals surface area contributed by atoms with Crippen molar-refractivity contribution in [3.63, 3.8) is 0 Å². The summed E-state index contributed by atoms with van der Waals surface area (Å²) in [6.45, 7) is 4.49. The monoisotopic (exact) mass is 257 g/mol. The highest BCUT2D eigenvalue weighted by molar-refractivity contribution is 5.88. The van der Waals surface area contributed by atoms with Gasteiger partial charge in [0.25, 0.3) is 0 Å². The lowest BCUT2D eigenvalue weighted by molar-refractivity contribution is 0.0695. The van der Waals surface area contributed by atoms with Crippen LogP contribution in [0.25, 0.3) is 0 Å².